The maximum Gasteiger partial charge on any atom is 0.223 e. The van der Waals surface area contributed by atoms with Crippen LogP contribution in [0.3, 0.4) is 0 Å². The number of carbonyl (C=O) groups is 1. The van der Waals surface area contributed by atoms with Gasteiger partial charge in [0.1, 0.15) is 11.8 Å². The second-order valence-electron chi connectivity index (χ2n) is 4.75. The van der Waals surface area contributed by atoms with Crippen molar-refractivity contribution >= 4 is 5.91 Å². The Bertz CT molecular complexity index is 398. The molecular weight excluding hydrogens is 218 g/mol. The van der Waals surface area contributed by atoms with Crippen molar-refractivity contribution in [3.8, 4) is 0 Å². The smallest absolute Gasteiger partial charge is 0.223 e. The van der Waals surface area contributed by atoms with Gasteiger partial charge in [0.2, 0.25) is 11.8 Å². The minimum Gasteiger partial charge on any atom is -0.444 e. The molecule has 0 aliphatic carbocycles. The molecule has 0 saturated carbocycles. The summed E-state index contributed by atoms with van der Waals surface area (Å²) in [5, 5.41) is 6.11. The molecule has 1 aliphatic rings. The summed E-state index contributed by atoms with van der Waals surface area (Å²) in [6.07, 6.45) is 1.66. The standard InChI is InChI=1S/C12H19N3O2/c1-7-4-14-12(17-7)9(3)15-11(16)8(2)10-5-13-6-10/h4,8-10,13H,5-6H2,1-3H3,(H,15,16). The minimum absolute atomic E-state index is 0.0368. The molecule has 2 unspecified atom stereocenters. The summed E-state index contributed by atoms with van der Waals surface area (Å²) in [6.45, 7) is 7.55. The lowest BCUT2D eigenvalue weighted by atomic mass is 9.88. The first-order valence-corrected chi connectivity index (χ1v) is 6.01. The van der Waals surface area contributed by atoms with E-state index in [0.29, 0.717) is 11.8 Å². The number of nitrogens with zero attached hydrogens (tertiary/aromatic N) is 1. The topological polar surface area (TPSA) is 67.2 Å². The molecule has 2 heterocycles. The summed E-state index contributed by atoms with van der Waals surface area (Å²) < 4.78 is 5.39. The van der Waals surface area contributed by atoms with Crippen molar-refractivity contribution < 1.29 is 9.21 Å². The van der Waals surface area contributed by atoms with Crippen LogP contribution in [0.25, 0.3) is 0 Å². The molecule has 2 rings (SSSR count). The number of rotatable bonds is 4. The van der Waals surface area contributed by atoms with Crippen molar-refractivity contribution in [2.75, 3.05) is 13.1 Å². The zero-order chi connectivity index (χ0) is 12.4. The number of amides is 1. The maximum atomic E-state index is 12.0. The van der Waals surface area contributed by atoms with Crippen molar-refractivity contribution in [1.29, 1.82) is 0 Å². The molecule has 94 valence electrons. The van der Waals surface area contributed by atoms with Crippen LogP contribution >= 0.6 is 0 Å². The van der Waals surface area contributed by atoms with E-state index < -0.39 is 0 Å². The van der Waals surface area contributed by atoms with E-state index in [4.69, 9.17) is 4.42 Å². The molecule has 5 nitrogen and oxygen atoms in total. The normalized spacial score (nSPS) is 19.5. The first-order chi connectivity index (χ1) is 8.08. The lowest BCUT2D eigenvalue weighted by molar-refractivity contribution is -0.127. The highest BCUT2D eigenvalue weighted by atomic mass is 16.4. The fourth-order valence-corrected chi connectivity index (χ4v) is 1.86. The largest absolute Gasteiger partial charge is 0.444 e. The van der Waals surface area contributed by atoms with Crippen molar-refractivity contribution in [3.63, 3.8) is 0 Å². The molecule has 1 aromatic rings. The number of aromatic nitrogens is 1. The Morgan fingerprint density at radius 3 is 2.76 bits per heavy atom. The first-order valence-electron chi connectivity index (χ1n) is 6.01. The van der Waals surface area contributed by atoms with Gasteiger partial charge in [0, 0.05) is 5.92 Å². The fourth-order valence-electron chi connectivity index (χ4n) is 1.86. The van der Waals surface area contributed by atoms with Gasteiger partial charge in [-0.15, -0.1) is 0 Å². The SMILES string of the molecule is Cc1cnc(C(C)NC(=O)C(C)C2CNC2)o1. The molecule has 1 saturated heterocycles. The van der Waals surface area contributed by atoms with Crippen LogP contribution in [-0.2, 0) is 4.79 Å². The van der Waals surface area contributed by atoms with E-state index in [0.717, 1.165) is 18.8 Å². The Balaban J connectivity index is 1.89. The second kappa shape index (κ2) is 4.87. The first kappa shape index (κ1) is 12.1. The van der Waals surface area contributed by atoms with Crippen molar-refractivity contribution in [2.24, 2.45) is 11.8 Å². The van der Waals surface area contributed by atoms with E-state index in [1.807, 2.05) is 20.8 Å². The molecule has 1 amide bonds. The Kier molecular flexibility index (Phi) is 3.47. The zero-order valence-corrected chi connectivity index (χ0v) is 10.5. The lowest BCUT2D eigenvalue weighted by Gasteiger charge is -2.32. The molecule has 1 aliphatic heterocycles. The number of aryl methyl sites for hydroxylation is 1. The van der Waals surface area contributed by atoms with Gasteiger partial charge in [0.25, 0.3) is 0 Å². The van der Waals surface area contributed by atoms with E-state index in [9.17, 15) is 4.79 Å². The van der Waals surface area contributed by atoms with E-state index in [1.165, 1.54) is 0 Å². The summed E-state index contributed by atoms with van der Waals surface area (Å²) in [4.78, 5) is 16.1. The van der Waals surface area contributed by atoms with E-state index >= 15 is 0 Å². The van der Waals surface area contributed by atoms with Crippen LogP contribution < -0.4 is 10.6 Å². The van der Waals surface area contributed by atoms with Crippen LogP contribution in [0.15, 0.2) is 10.6 Å². The number of carbonyl (C=O) groups excluding carboxylic acids is 1. The Labute approximate surface area is 101 Å². The van der Waals surface area contributed by atoms with Gasteiger partial charge in [-0.05, 0) is 32.9 Å². The van der Waals surface area contributed by atoms with Crippen LogP contribution in [0.4, 0.5) is 0 Å². The highest BCUT2D eigenvalue weighted by molar-refractivity contribution is 5.79. The van der Waals surface area contributed by atoms with Gasteiger partial charge in [-0.25, -0.2) is 4.98 Å². The number of hydrogen-bond donors (Lipinski definition) is 2. The molecular formula is C12H19N3O2. The average molecular weight is 237 g/mol. The van der Waals surface area contributed by atoms with Crippen LogP contribution in [-0.4, -0.2) is 24.0 Å². The van der Waals surface area contributed by atoms with Crippen molar-refractivity contribution in [3.05, 3.63) is 17.8 Å². The van der Waals surface area contributed by atoms with Gasteiger partial charge in [-0.2, -0.15) is 0 Å². The molecule has 5 heteroatoms. The van der Waals surface area contributed by atoms with E-state index in [2.05, 4.69) is 15.6 Å². The predicted octanol–water partition coefficient (Wildman–Crippen LogP) is 1.02. The minimum atomic E-state index is -0.174. The van der Waals surface area contributed by atoms with Gasteiger partial charge in [0.15, 0.2) is 0 Å². The van der Waals surface area contributed by atoms with Crippen molar-refractivity contribution in [2.45, 2.75) is 26.8 Å². The summed E-state index contributed by atoms with van der Waals surface area (Å²) in [5.41, 5.74) is 0. The summed E-state index contributed by atoms with van der Waals surface area (Å²) in [5.74, 6) is 1.88. The zero-order valence-electron chi connectivity index (χ0n) is 10.5. The number of oxazole rings is 1. The third-order valence-electron chi connectivity index (χ3n) is 3.30. The molecule has 2 atom stereocenters. The Morgan fingerprint density at radius 1 is 1.59 bits per heavy atom. The summed E-state index contributed by atoms with van der Waals surface area (Å²) >= 11 is 0. The van der Waals surface area contributed by atoms with Gasteiger partial charge in [0.05, 0.1) is 6.20 Å². The molecule has 17 heavy (non-hydrogen) atoms. The highest BCUT2D eigenvalue weighted by Gasteiger charge is 2.29. The summed E-state index contributed by atoms with van der Waals surface area (Å²) in [6, 6.07) is -0.174. The Hall–Kier alpha value is -1.36. The van der Waals surface area contributed by atoms with Gasteiger partial charge in [-0.1, -0.05) is 6.92 Å². The molecule has 1 fully saturated rings. The lowest BCUT2D eigenvalue weighted by Crippen LogP contribution is -2.49. The Morgan fingerprint density at radius 2 is 2.29 bits per heavy atom. The molecule has 0 aromatic carbocycles. The molecule has 2 N–H and O–H groups in total. The summed E-state index contributed by atoms with van der Waals surface area (Å²) in [7, 11) is 0. The quantitative estimate of drug-likeness (QED) is 0.820. The van der Waals surface area contributed by atoms with Crippen LogP contribution in [0, 0.1) is 18.8 Å². The third kappa shape index (κ3) is 2.66. The molecule has 0 bridgehead atoms. The molecule has 1 aromatic heterocycles. The van der Waals surface area contributed by atoms with Crippen molar-refractivity contribution in [1.82, 2.24) is 15.6 Å². The van der Waals surface area contributed by atoms with Crippen LogP contribution in [0.2, 0.25) is 0 Å². The van der Waals surface area contributed by atoms with E-state index in [1.54, 1.807) is 6.20 Å². The average Bonchev–Trinajstić information content (AvgIpc) is 2.62. The second-order valence-corrected chi connectivity index (χ2v) is 4.75. The van der Waals surface area contributed by atoms with Gasteiger partial charge in [-0.3, -0.25) is 4.79 Å². The predicted molar refractivity (Wildman–Crippen MR) is 63.3 cm³/mol. The molecule has 0 spiro atoms. The highest BCUT2D eigenvalue weighted by Crippen LogP contribution is 2.18. The molecule has 0 radical (unpaired) electrons. The maximum absolute atomic E-state index is 12.0. The number of hydrogen-bond acceptors (Lipinski definition) is 4. The van der Waals surface area contributed by atoms with Gasteiger partial charge < -0.3 is 15.1 Å². The monoisotopic (exact) mass is 237 g/mol. The van der Waals surface area contributed by atoms with E-state index in [-0.39, 0.29) is 17.9 Å². The third-order valence-corrected chi connectivity index (χ3v) is 3.30. The number of nitrogens with one attached hydrogen (secondary N) is 2. The van der Waals surface area contributed by atoms with Gasteiger partial charge >= 0.3 is 0 Å². The van der Waals surface area contributed by atoms with Crippen LogP contribution in [0.1, 0.15) is 31.5 Å². The fraction of sp³-hybridized carbons (Fsp3) is 0.667. The van der Waals surface area contributed by atoms with Crippen LogP contribution in [0.5, 0.6) is 0 Å².